The highest BCUT2D eigenvalue weighted by atomic mass is 15.1. The molecule has 5 aliphatic rings. The van der Waals surface area contributed by atoms with Crippen molar-refractivity contribution in [2.45, 2.75) is 63.7 Å². The van der Waals surface area contributed by atoms with E-state index in [9.17, 15) is 5.26 Å². The predicted molar refractivity (Wildman–Crippen MR) is 193 cm³/mol. The molecule has 2 nitrogen and oxygen atoms in total. The van der Waals surface area contributed by atoms with E-state index in [2.05, 4.69) is 135 Å². The molecule has 0 N–H and O–H groups in total. The average Bonchev–Trinajstić information content (AvgIpc) is 3.38. The number of hydrogen-bond donors (Lipinski definition) is 0. The molecule has 2 heteroatoms. The molecule has 5 aliphatic carbocycles. The van der Waals surface area contributed by atoms with Crippen molar-refractivity contribution in [1.29, 1.82) is 5.26 Å². The zero-order valence-electron chi connectivity index (χ0n) is 27.7. The molecule has 0 radical (unpaired) electrons. The van der Waals surface area contributed by atoms with Gasteiger partial charge >= 0.3 is 0 Å². The maximum atomic E-state index is 9.65. The molecule has 0 aliphatic heterocycles. The van der Waals surface area contributed by atoms with Crippen molar-refractivity contribution in [3.8, 4) is 28.3 Å². The topological polar surface area (TPSA) is 27.0 Å². The maximum Gasteiger partial charge on any atom is 0.0991 e. The first-order chi connectivity index (χ1) is 22.8. The highest BCUT2D eigenvalue weighted by molar-refractivity contribution is 5.96. The van der Waals surface area contributed by atoms with Crippen molar-refractivity contribution in [2.24, 2.45) is 23.7 Å². The van der Waals surface area contributed by atoms with Crippen LogP contribution < -0.4 is 4.90 Å². The molecule has 0 heterocycles. The van der Waals surface area contributed by atoms with Crippen LogP contribution in [0.1, 0.15) is 75.1 Å². The number of fused-ring (bicyclic) bond motifs is 3. The molecule has 4 bridgehead atoms. The second kappa shape index (κ2) is 10.4. The summed E-state index contributed by atoms with van der Waals surface area (Å²) in [5, 5.41) is 9.65. The Bertz CT molecular complexity index is 1990. The minimum Gasteiger partial charge on any atom is -0.310 e. The molecule has 0 aromatic heterocycles. The Balaban J connectivity index is 1.33. The van der Waals surface area contributed by atoms with E-state index in [1.807, 2.05) is 12.1 Å². The Morgan fingerprint density at radius 2 is 1.23 bits per heavy atom. The predicted octanol–water partition coefficient (Wildman–Crippen LogP) is 11.7. The van der Waals surface area contributed by atoms with Crippen molar-refractivity contribution in [2.75, 3.05) is 4.90 Å². The molecule has 232 valence electrons. The molecule has 4 saturated carbocycles. The number of benzene rings is 5. The maximum absolute atomic E-state index is 9.65. The normalized spacial score (nSPS) is 25.0. The SMILES string of the molecule is CC(C)(C)c1ccc(N(c2ccccc2)c2cc(-c3ccc(C#N)cc3)c3c(c2)C2(c4ccccc4-3)C3CC4CC(C3)CC2C4)cc1. The minimum atomic E-state index is 0.0507. The van der Waals surface area contributed by atoms with Crippen LogP contribution in [0.3, 0.4) is 0 Å². The summed E-state index contributed by atoms with van der Waals surface area (Å²) in [5.74, 6) is 3.15. The van der Waals surface area contributed by atoms with Gasteiger partial charge in [0.1, 0.15) is 0 Å². The third-order valence-corrected chi connectivity index (χ3v) is 12.2. The molecule has 4 fully saturated rings. The molecule has 0 unspecified atom stereocenters. The van der Waals surface area contributed by atoms with E-state index in [4.69, 9.17) is 0 Å². The van der Waals surface area contributed by atoms with Gasteiger partial charge in [-0.15, -0.1) is 0 Å². The van der Waals surface area contributed by atoms with Gasteiger partial charge in [-0.25, -0.2) is 0 Å². The summed E-state index contributed by atoms with van der Waals surface area (Å²) < 4.78 is 0. The van der Waals surface area contributed by atoms with Crippen molar-refractivity contribution in [3.05, 3.63) is 138 Å². The van der Waals surface area contributed by atoms with Crippen molar-refractivity contribution in [3.63, 3.8) is 0 Å². The third-order valence-electron chi connectivity index (χ3n) is 12.2. The third kappa shape index (κ3) is 4.29. The molecule has 0 amide bonds. The van der Waals surface area contributed by atoms with Gasteiger partial charge in [0.25, 0.3) is 0 Å². The van der Waals surface area contributed by atoms with E-state index in [1.54, 1.807) is 5.56 Å². The van der Waals surface area contributed by atoms with Crippen LogP contribution in [0.15, 0.2) is 115 Å². The summed E-state index contributed by atoms with van der Waals surface area (Å²) in [7, 11) is 0. The Labute approximate surface area is 279 Å². The Kier molecular flexibility index (Phi) is 6.36. The largest absolute Gasteiger partial charge is 0.310 e. The quantitative estimate of drug-likeness (QED) is 0.202. The molecule has 5 aromatic carbocycles. The molecule has 5 aromatic rings. The van der Waals surface area contributed by atoms with Gasteiger partial charge in [-0.1, -0.05) is 87.5 Å². The van der Waals surface area contributed by atoms with E-state index in [0.29, 0.717) is 17.4 Å². The Morgan fingerprint density at radius 1 is 0.617 bits per heavy atom. The first kappa shape index (κ1) is 28.6. The lowest BCUT2D eigenvalue weighted by atomic mass is 9.43. The van der Waals surface area contributed by atoms with Crippen molar-refractivity contribution >= 4 is 17.1 Å². The first-order valence-corrected chi connectivity index (χ1v) is 17.6. The van der Waals surface area contributed by atoms with Crippen LogP contribution in [0, 0.1) is 35.0 Å². The number of nitriles is 1. The van der Waals surface area contributed by atoms with Crippen molar-refractivity contribution < 1.29 is 0 Å². The average molecular weight is 611 g/mol. The summed E-state index contributed by atoms with van der Waals surface area (Å²) in [4.78, 5) is 2.46. The summed E-state index contributed by atoms with van der Waals surface area (Å²) in [5.41, 5.74) is 14.1. The molecule has 47 heavy (non-hydrogen) atoms. The second-order valence-electron chi connectivity index (χ2n) is 15.8. The first-order valence-electron chi connectivity index (χ1n) is 17.6. The smallest absolute Gasteiger partial charge is 0.0991 e. The van der Waals surface area contributed by atoms with Gasteiger partial charge in [0, 0.05) is 22.5 Å². The van der Waals surface area contributed by atoms with Crippen LogP contribution in [-0.2, 0) is 10.8 Å². The number of anilines is 3. The summed E-state index contributed by atoms with van der Waals surface area (Å²) in [6.45, 7) is 6.84. The fourth-order valence-electron chi connectivity index (χ4n) is 10.5. The summed E-state index contributed by atoms with van der Waals surface area (Å²) in [6, 6.07) is 45.1. The van der Waals surface area contributed by atoms with Crippen LogP contribution in [0.2, 0.25) is 0 Å². The van der Waals surface area contributed by atoms with Crippen LogP contribution in [-0.4, -0.2) is 0 Å². The number of hydrogen-bond acceptors (Lipinski definition) is 2. The highest BCUT2D eigenvalue weighted by Gasteiger charge is 2.62. The van der Waals surface area contributed by atoms with Gasteiger partial charge < -0.3 is 4.90 Å². The van der Waals surface area contributed by atoms with Gasteiger partial charge in [-0.2, -0.15) is 5.26 Å². The molecular weight excluding hydrogens is 569 g/mol. The molecular formula is C45H42N2. The number of para-hydroxylation sites is 1. The molecule has 1 spiro atoms. The second-order valence-corrected chi connectivity index (χ2v) is 15.8. The van der Waals surface area contributed by atoms with Gasteiger partial charge in [0.2, 0.25) is 0 Å². The van der Waals surface area contributed by atoms with Gasteiger partial charge in [0.15, 0.2) is 0 Å². The zero-order valence-corrected chi connectivity index (χ0v) is 27.7. The summed E-state index contributed by atoms with van der Waals surface area (Å²) in [6.07, 6.45) is 6.87. The standard InChI is InChI=1S/C45H42N2/c1-44(2,3)33-17-19-37(20-18-33)47(36-9-5-4-6-10-36)38-26-40(32-15-13-29(28-46)14-16-32)43-39-11-7-8-12-41(39)45(42(43)27-38)34-22-30-21-31(24-34)25-35(45)23-30/h4-20,26-27,30-31,34-35H,21-25H2,1-3H3. The minimum absolute atomic E-state index is 0.0507. The van der Waals surface area contributed by atoms with Crippen molar-refractivity contribution in [1.82, 2.24) is 0 Å². The lowest BCUT2D eigenvalue weighted by molar-refractivity contribution is -0.0399. The van der Waals surface area contributed by atoms with E-state index in [0.717, 1.165) is 17.5 Å². The van der Waals surface area contributed by atoms with Crippen LogP contribution >= 0.6 is 0 Å². The molecule has 0 atom stereocenters. The monoisotopic (exact) mass is 610 g/mol. The van der Waals surface area contributed by atoms with Crippen LogP contribution in [0.4, 0.5) is 17.1 Å². The van der Waals surface area contributed by atoms with E-state index < -0.39 is 0 Å². The van der Waals surface area contributed by atoms with Crippen LogP contribution in [0.25, 0.3) is 22.3 Å². The Morgan fingerprint density at radius 3 is 1.87 bits per heavy atom. The molecule has 0 saturated heterocycles. The van der Waals surface area contributed by atoms with Gasteiger partial charge in [-0.3, -0.25) is 0 Å². The van der Waals surface area contributed by atoms with E-state index in [-0.39, 0.29) is 10.8 Å². The number of rotatable bonds is 4. The fourth-order valence-corrected chi connectivity index (χ4v) is 10.5. The van der Waals surface area contributed by atoms with Crippen LogP contribution in [0.5, 0.6) is 0 Å². The summed E-state index contributed by atoms with van der Waals surface area (Å²) >= 11 is 0. The fraction of sp³-hybridized carbons (Fsp3) is 0.311. The molecule has 10 rings (SSSR count). The van der Waals surface area contributed by atoms with Gasteiger partial charge in [0.05, 0.1) is 11.6 Å². The Hall–Kier alpha value is -4.61. The highest BCUT2D eigenvalue weighted by Crippen LogP contribution is 2.70. The van der Waals surface area contributed by atoms with E-state index in [1.165, 1.54) is 76.9 Å². The van der Waals surface area contributed by atoms with E-state index >= 15 is 0 Å². The van der Waals surface area contributed by atoms with Gasteiger partial charge in [-0.05, 0) is 149 Å². The lowest BCUT2D eigenvalue weighted by Crippen LogP contribution is -2.55. The lowest BCUT2D eigenvalue weighted by Gasteiger charge is -2.61. The number of nitrogens with zero attached hydrogens (tertiary/aromatic N) is 2. The zero-order chi connectivity index (χ0) is 31.9.